The molecule has 3 aromatic rings. The second-order valence-electron chi connectivity index (χ2n) is 4.84. The molecular weight excluding hydrogens is 355 g/mol. The van der Waals surface area contributed by atoms with Crippen molar-refractivity contribution in [3.63, 3.8) is 0 Å². The first-order valence-electron chi connectivity index (χ1n) is 6.39. The van der Waals surface area contributed by atoms with Crippen molar-refractivity contribution in [3.05, 3.63) is 59.4 Å². The fourth-order valence-corrected chi connectivity index (χ4v) is 2.59. The Morgan fingerprint density at radius 1 is 1.09 bits per heavy atom. The lowest BCUT2D eigenvalue weighted by molar-refractivity contribution is -0.00849. The maximum atomic E-state index is 14.3. The Bertz CT molecular complexity index is 710. The summed E-state index contributed by atoms with van der Waals surface area (Å²) in [5.41, 5.74) is -1.40. The zero-order valence-corrected chi connectivity index (χ0v) is 12.9. The number of hydrogen-bond acceptors (Lipinski definition) is 5. The largest absolute Gasteiger partial charge is 0.381 e. The molecule has 0 radical (unpaired) electrons. The first-order chi connectivity index (χ1) is 10.6. The minimum absolute atomic E-state index is 0.0331. The Balaban J connectivity index is 2.01. The van der Waals surface area contributed by atoms with Crippen molar-refractivity contribution in [2.24, 2.45) is 0 Å². The molecule has 9 heteroatoms. The molecule has 2 heterocycles. The highest BCUT2D eigenvalue weighted by molar-refractivity contribution is 9.10. The van der Waals surface area contributed by atoms with Crippen LogP contribution in [-0.2, 0) is 18.7 Å². The number of halogens is 2. The minimum atomic E-state index is -1.55. The normalized spacial score (nSPS) is 11.8. The van der Waals surface area contributed by atoms with Crippen molar-refractivity contribution < 1.29 is 9.50 Å². The van der Waals surface area contributed by atoms with Gasteiger partial charge < -0.3 is 5.11 Å². The lowest BCUT2D eigenvalue weighted by Crippen LogP contribution is -2.37. The van der Waals surface area contributed by atoms with Gasteiger partial charge in [0.15, 0.2) is 0 Å². The van der Waals surface area contributed by atoms with Crippen LogP contribution in [0.2, 0.25) is 0 Å². The van der Waals surface area contributed by atoms with E-state index in [9.17, 15) is 9.50 Å². The van der Waals surface area contributed by atoms with E-state index in [2.05, 4.69) is 36.1 Å². The quantitative estimate of drug-likeness (QED) is 0.737. The van der Waals surface area contributed by atoms with E-state index in [4.69, 9.17) is 0 Å². The van der Waals surface area contributed by atoms with Gasteiger partial charge in [0.05, 0.1) is 13.1 Å². The van der Waals surface area contributed by atoms with E-state index < -0.39 is 11.4 Å². The van der Waals surface area contributed by atoms with E-state index in [1.807, 2.05) is 0 Å². The van der Waals surface area contributed by atoms with Gasteiger partial charge in [-0.15, -0.1) is 0 Å². The molecule has 0 saturated heterocycles. The van der Waals surface area contributed by atoms with Crippen molar-refractivity contribution >= 4 is 15.9 Å². The summed E-state index contributed by atoms with van der Waals surface area (Å²) in [5.74, 6) is -0.517. The van der Waals surface area contributed by atoms with Crippen LogP contribution in [0.3, 0.4) is 0 Å². The third kappa shape index (κ3) is 3.04. The molecule has 0 bridgehead atoms. The van der Waals surface area contributed by atoms with Gasteiger partial charge in [-0.1, -0.05) is 22.0 Å². The number of rotatable bonds is 5. The zero-order chi connectivity index (χ0) is 15.6. The van der Waals surface area contributed by atoms with Crippen LogP contribution in [0.25, 0.3) is 0 Å². The van der Waals surface area contributed by atoms with Crippen molar-refractivity contribution in [1.29, 1.82) is 0 Å². The average molecular weight is 367 g/mol. The summed E-state index contributed by atoms with van der Waals surface area (Å²) in [4.78, 5) is 7.68. The maximum Gasteiger partial charge on any atom is 0.137 e. The predicted octanol–water partition coefficient (Wildman–Crippen LogP) is 1.36. The van der Waals surface area contributed by atoms with Crippen LogP contribution in [0.15, 0.2) is 48.0 Å². The van der Waals surface area contributed by atoms with Crippen LogP contribution < -0.4 is 0 Å². The molecule has 22 heavy (non-hydrogen) atoms. The summed E-state index contributed by atoms with van der Waals surface area (Å²) in [7, 11) is 0. The van der Waals surface area contributed by atoms with Gasteiger partial charge in [0.1, 0.15) is 36.7 Å². The predicted molar refractivity (Wildman–Crippen MR) is 78.0 cm³/mol. The summed E-state index contributed by atoms with van der Waals surface area (Å²) < 4.78 is 17.8. The average Bonchev–Trinajstić information content (AvgIpc) is 3.12. The first kappa shape index (κ1) is 14.8. The molecule has 3 rings (SSSR count). The Hall–Kier alpha value is -2.13. The van der Waals surface area contributed by atoms with Crippen LogP contribution in [0.5, 0.6) is 0 Å². The van der Waals surface area contributed by atoms with Gasteiger partial charge in [-0.3, -0.25) is 0 Å². The zero-order valence-electron chi connectivity index (χ0n) is 11.3. The monoisotopic (exact) mass is 366 g/mol. The smallest absolute Gasteiger partial charge is 0.137 e. The third-order valence-electron chi connectivity index (χ3n) is 3.21. The number of nitrogens with zero attached hydrogens (tertiary/aromatic N) is 6. The molecule has 0 fully saturated rings. The van der Waals surface area contributed by atoms with E-state index in [0.29, 0.717) is 4.47 Å². The van der Waals surface area contributed by atoms with Gasteiger partial charge in [-0.05, 0) is 12.1 Å². The molecule has 0 spiro atoms. The molecule has 2 aromatic heterocycles. The van der Waals surface area contributed by atoms with Crippen LogP contribution in [0, 0.1) is 5.82 Å². The molecule has 0 aliphatic heterocycles. The molecule has 0 aliphatic rings. The van der Waals surface area contributed by atoms with Gasteiger partial charge in [0.25, 0.3) is 0 Å². The summed E-state index contributed by atoms with van der Waals surface area (Å²) in [6.45, 7) is 0.0663. The molecule has 0 amide bonds. The summed E-state index contributed by atoms with van der Waals surface area (Å²) >= 11 is 3.21. The molecule has 1 aromatic carbocycles. The lowest BCUT2D eigenvalue weighted by atomic mass is 9.93. The van der Waals surface area contributed by atoms with Gasteiger partial charge in [-0.2, -0.15) is 10.2 Å². The lowest BCUT2D eigenvalue weighted by Gasteiger charge is -2.28. The number of benzene rings is 1. The fraction of sp³-hybridized carbons (Fsp3) is 0.231. The highest BCUT2D eigenvalue weighted by Gasteiger charge is 2.34. The van der Waals surface area contributed by atoms with Gasteiger partial charge in [0, 0.05) is 10.0 Å². The van der Waals surface area contributed by atoms with Gasteiger partial charge >= 0.3 is 0 Å². The molecular formula is C13H12BrFN6O. The topological polar surface area (TPSA) is 81.6 Å². The standard InChI is InChI=1S/C13H12BrFN6O/c14-10-1-2-11(12(15)3-10)13(22,4-20-8-16-6-18-20)5-21-9-17-7-19-21/h1-3,6-9,22H,4-5H2. The highest BCUT2D eigenvalue weighted by Crippen LogP contribution is 2.29. The van der Waals surface area contributed by atoms with E-state index >= 15 is 0 Å². The summed E-state index contributed by atoms with van der Waals surface area (Å²) in [6.07, 6.45) is 5.63. The van der Waals surface area contributed by atoms with Gasteiger partial charge in [-0.25, -0.2) is 23.7 Å². The van der Waals surface area contributed by atoms with Gasteiger partial charge in [0.2, 0.25) is 0 Å². The Labute approximate surface area is 133 Å². The molecule has 114 valence electrons. The SMILES string of the molecule is OC(Cn1cncn1)(Cn1cncn1)c1ccc(Br)cc1F. The number of hydrogen-bond donors (Lipinski definition) is 1. The van der Waals surface area contributed by atoms with Crippen LogP contribution >= 0.6 is 15.9 Å². The van der Waals surface area contributed by atoms with Crippen LogP contribution in [0.1, 0.15) is 5.56 Å². The minimum Gasteiger partial charge on any atom is -0.381 e. The van der Waals surface area contributed by atoms with E-state index in [1.54, 1.807) is 6.07 Å². The first-order valence-corrected chi connectivity index (χ1v) is 7.19. The third-order valence-corrected chi connectivity index (χ3v) is 3.71. The molecule has 1 N–H and O–H groups in total. The number of aromatic nitrogens is 6. The highest BCUT2D eigenvalue weighted by atomic mass is 79.9. The Morgan fingerprint density at radius 2 is 1.68 bits per heavy atom. The van der Waals surface area contributed by atoms with E-state index in [-0.39, 0.29) is 18.7 Å². The van der Waals surface area contributed by atoms with E-state index in [0.717, 1.165) is 0 Å². The Kier molecular flexibility index (Phi) is 3.99. The molecule has 0 atom stereocenters. The van der Waals surface area contributed by atoms with Crippen LogP contribution in [0.4, 0.5) is 4.39 Å². The van der Waals surface area contributed by atoms with Crippen molar-refractivity contribution in [1.82, 2.24) is 29.5 Å². The summed E-state index contributed by atoms with van der Waals surface area (Å²) in [6, 6.07) is 4.52. The molecule has 0 saturated carbocycles. The van der Waals surface area contributed by atoms with Crippen molar-refractivity contribution in [3.8, 4) is 0 Å². The van der Waals surface area contributed by atoms with Crippen molar-refractivity contribution in [2.45, 2.75) is 18.7 Å². The van der Waals surface area contributed by atoms with E-state index in [1.165, 1.54) is 46.8 Å². The Morgan fingerprint density at radius 3 is 2.14 bits per heavy atom. The van der Waals surface area contributed by atoms with Crippen molar-refractivity contribution in [2.75, 3.05) is 0 Å². The summed E-state index contributed by atoms with van der Waals surface area (Å²) in [5, 5.41) is 19.0. The molecule has 7 nitrogen and oxygen atoms in total. The molecule has 0 unspecified atom stereocenters. The number of aliphatic hydroxyl groups is 1. The second kappa shape index (κ2) is 5.93. The second-order valence-corrected chi connectivity index (χ2v) is 5.76. The van der Waals surface area contributed by atoms with Crippen LogP contribution in [-0.4, -0.2) is 34.6 Å². The maximum absolute atomic E-state index is 14.3. The fourth-order valence-electron chi connectivity index (χ4n) is 2.25. The molecule has 0 aliphatic carbocycles.